The number of unbranched alkanes of at least 4 members (excludes halogenated alkanes) is 1. The van der Waals surface area contributed by atoms with E-state index < -0.39 is 0 Å². The number of phenolic OH excluding ortho intramolecular Hbond substituents is 1. The van der Waals surface area contributed by atoms with Gasteiger partial charge in [0.1, 0.15) is 5.75 Å². The van der Waals surface area contributed by atoms with E-state index in [4.69, 9.17) is 10.8 Å². The summed E-state index contributed by atoms with van der Waals surface area (Å²) >= 11 is 0. The molecule has 0 aliphatic rings. The van der Waals surface area contributed by atoms with Crippen LogP contribution in [-0.2, 0) is 11.2 Å². The van der Waals surface area contributed by atoms with Crippen LogP contribution in [0.5, 0.6) is 5.75 Å². The number of hydrogen-bond donors (Lipinski definition) is 4. The first-order valence-electron chi connectivity index (χ1n) is 5.58. The van der Waals surface area contributed by atoms with Crippen molar-refractivity contribution in [2.24, 2.45) is 0 Å². The number of carbonyl (C=O) groups is 1. The maximum absolute atomic E-state index is 11.5. The van der Waals surface area contributed by atoms with Gasteiger partial charge in [0.15, 0.2) is 0 Å². The Morgan fingerprint density at radius 2 is 2.12 bits per heavy atom. The molecule has 5 nitrogen and oxygen atoms in total. The second kappa shape index (κ2) is 6.75. The number of nitrogen functional groups attached to an aromatic ring is 1. The zero-order valence-corrected chi connectivity index (χ0v) is 9.65. The summed E-state index contributed by atoms with van der Waals surface area (Å²) < 4.78 is 0. The van der Waals surface area contributed by atoms with E-state index >= 15 is 0 Å². The molecule has 1 rings (SSSR count). The molecule has 0 radical (unpaired) electrons. The molecule has 5 N–H and O–H groups in total. The van der Waals surface area contributed by atoms with Crippen LogP contribution in [0, 0.1) is 0 Å². The van der Waals surface area contributed by atoms with Crippen molar-refractivity contribution >= 4 is 11.6 Å². The normalized spacial score (nSPS) is 10.2. The van der Waals surface area contributed by atoms with E-state index in [-0.39, 0.29) is 24.7 Å². The Morgan fingerprint density at radius 3 is 2.76 bits per heavy atom. The molecule has 1 amide bonds. The summed E-state index contributed by atoms with van der Waals surface area (Å²) in [6.45, 7) is 0.696. The maximum atomic E-state index is 11.5. The number of aromatic hydroxyl groups is 1. The lowest BCUT2D eigenvalue weighted by Crippen LogP contribution is -2.26. The first-order chi connectivity index (χ1) is 8.13. The van der Waals surface area contributed by atoms with E-state index in [0.29, 0.717) is 18.7 Å². The molecule has 1 aromatic rings. The second-order valence-corrected chi connectivity index (χ2v) is 3.85. The average Bonchev–Trinajstić information content (AvgIpc) is 2.30. The molecule has 0 atom stereocenters. The van der Waals surface area contributed by atoms with Crippen molar-refractivity contribution in [1.29, 1.82) is 0 Å². The third kappa shape index (κ3) is 4.74. The fourth-order valence-electron chi connectivity index (χ4n) is 1.41. The van der Waals surface area contributed by atoms with Crippen molar-refractivity contribution < 1.29 is 15.0 Å². The Kier molecular flexibility index (Phi) is 5.29. The number of phenols is 1. The number of aliphatic hydroxyl groups excluding tert-OH is 1. The number of rotatable bonds is 6. The van der Waals surface area contributed by atoms with E-state index in [0.717, 1.165) is 12.0 Å². The summed E-state index contributed by atoms with van der Waals surface area (Å²) in [6.07, 6.45) is 1.66. The predicted molar refractivity (Wildman–Crippen MR) is 65.6 cm³/mol. The van der Waals surface area contributed by atoms with Gasteiger partial charge < -0.3 is 21.3 Å². The van der Waals surface area contributed by atoms with Gasteiger partial charge in [0.05, 0.1) is 12.1 Å². The highest BCUT2D eigenvalue weighted by Crippen LogP contribution is 2.20. The van der Waals surface area contributed by atoms with Crippen molar-refractivity contribution in [3.05, 3.63) is 23.8 Å². The molecule has 0 aliphatic carbocycles. The lowest BCUT2D eigenvalue weighted by Gasteiger charge is -2.06. The Bertz CT molecular complexity index is 380. The lowest BCUT2D eigenvalue weighted by molar-refractivity contribution is -0.120. The van der Waals surface area contributed by atoms with E-state index in [1.807, 2.05) is 0 Å². The largest absolute Gasteiger partial charge is 0.506 e. The van der Waals surface area contributed by atoms with Crippen LogP contribution in [0.3, 0.4) is 0 Å². The minimum atomic E-state index is -0.105. The minimum absolute atomic E-state index is 0.00409. The number of nitrogens with two attached hydrogens (primary N) is 1. The molecule has 17 heavy (non-hydrogen) atoms. The monoisotopic (exact) mass is 238 g/mol. The second-order valence-electron chi connectivity index (χ2n) is 3.85. The van der Waals surface area contributed by atoms with Crippen LogP contribution in [-0.4, -0.2) is 29.3 Å². The molecule has 0 aromatic heterocycles. The first-order valence-corrected chi connectivity index (χ1v) is 5.58. The van der Waals surface area contributed by atoms with Crippen LogP contribution in [0.25, 0.3) is 0 Å². The molecule has 0 spiro atoms. The van der Waals surface area contributed by atoms with Crippen molar-refractivity contribution in [2.75, 3.05) is 18.9 Å². The van der Waals surface area contributed by atoms with Gasteiger partial charge in [-0.2, -0.15) is 0 Å². The molecule has 0 unspecified atom stereocenters. The van der Waals surface area contributed by atoms with Crippen LogP contribution in [0.15, 0.2) is 18.2 Å². The molecule has 94 valence electrons. The van der Waals surface area contributed by atoms with Gasteiger partial charge in [-0.15, -0.1) is 0 Å². The molecule has 0 aliphatic heterocycles. The summed E-state index contributed by atoms with van der Waals surface area (Å²) in [6, 6.07) is 4.77. The lowest BCUT2D eigenvalue weighted by atomic mass is 10.1. The number of aliphatic hydroxyl groups is 1. The molecule has 0 bridgehead atoms. The summed E-state index contributed by atoms with van der Waals surface area (Å²) in [5, 5.41) is 20.7. The highest BCUT2D eigenvalue weighted by Gasteiger charge is 2.04. The number of anilines is 1. The summed E-state index contributed by atoms with van der Waals surface area (Å²) in [7, 11) is 0. The van der Waals surface area contributed by atoms with E-state index in [1.54, 1.807) is 12.1 Å². The van der Waals surface area contributed by atoms with Gasteiger partial charge in [0.25, 0.3) is 0 Å². The van der Waals surface area contributed by atoms with Gasteiger partial charge in [-0.25, -0.2) is 0 Å². The van der Waals surface area contributed by atoms with Gasteiger partial charge >= 0.3 is 0 Å². The molecule has 0 saturated carbocycles. The van der Waals surface area contributed by atoms with Crippen LogP contribution in [0.1, 0.15) is 18.4 Å². The van der Waals surface area contributed by atoms with Gasteiger partial charge in [-0.3, -0.25) is 4.79 Å². The Balaban J connectivity index is 2.37. The highest BCUT2D eigenvalue weighted by atomic mass is 16.3. The van der Waals surface area contributed by atoms with Crippen molar-refractivity contribution in [2.45, 2.75) is 19.3 Å². The van der Waals surface area contributed by atoms with Gasteiger partial charge in [-0.05, 0) is 30.5 Å². The highest BCUT2D eigenvalue weighted by molar-refractivity contribution is 5.78. The number of carbonyl (C=O) groups excluding carboxylic acids is 1. The Labute approximate surface area is 100 Å². The topological polar surface area (TPSA) is 95.6 Å². The molecule has 0 fully saturated rings. The smallest absolute Gasteiger partial charge is 0.224 e. The van der Waals surface area contributed by atoms with Crippen molar-refractivity contribution in [3.8, 4) is 5.75 Å². The fourth-order valence-corrected chi connectivity index (χ4v) is 1.41. The zero-order valence-electron chi connectivity index (χ0n) is 9.65. The number of amides is 1. The number of hydrogen-bond acceptors (Lipinski definition) is 4. The SMILES string of the molecule is Nc1ccc(CC(=O)NCCCCO)cc1O. The molecule has 5 heteroatoms. The van der Waals surface area contributed by atoms with Crippen LogP contribution < -0.4 is 11.1 Å². The summed E-state index contributed by atoms with van der Waals surface area (Å²) in [5.41, 5.74) is 6.48. The molecule has 0 saturated heterocycles. The maximum Gasteiger partial charge on any atom is 0.224 e. The molecular weight excluding hydrogens is 220 g/mol. The van der Waals surface area contributed by atoms with Gasteiger partial charge in [-0.1, -0.05) is 6.07 Å². The quantitative estimate of drug-likeness (QED) is 0.328. The van der Waals surface area contributed by atoms with Gasteiger partial charge in [0.2, 0.25) is 5.91 Å². The van der Waals surface area contributed by atoms with Gasteiger partial charge in [0, 0.05) is 13.2 Å². The average molecular weight is 238 g/mol. The van der Waals surface area contributed by atoms with Crippen LogP contribution >= 0.6 is 0 Å². The Morgan fingerprint density at radius 1 is 1.35 bits per heavy atom. The fraction of sp³-hybridized carbons (Fsp3) is 0.417. The minimum Gasteiger partial charge on any atom is -0.506 e. The molecule has 0 heterocycles. The van der Waals surface area contributed by atoms with Crippen LogP contribution in [0.2, 0.25) is 0 Å². The molecule has 1 aromatic carbocycles. The van der Waals surface area contributed by atoms with E-state index in [1.165, 1.54) is 6.07 Å². The van der Waals surface area contributed by atoms with E-state index in [9.17, 15) is 9.90 Å². The van der Waals surface area contributed by atoms with Crippen LogP contribution in [0.4, 0.5) is 5.69 Å². The summed E-state index contributed by atoms with van der Waals surface area (Å²) in [4.78, 5) is 11.5. The standard InChI is InChI=1S/C12H18N2O3/c13-10-4-3-9(7-11(10)16)8-12(17)14-5-1-2-6-15/h3-4,7,15-16H,1-2,5-6,8,13H2,(H,14,17). The summed E-state index contributed by atoms with van der Waals surface area (Å²) in [5.74, 6) is -0.109. The van der Waals surface area contributed by atoms with Crippen molar-refractivity contribution in [3.63, 3.8) is 0 Å². The number of benzene rings is 1. The first kappa shape index (κ1) is 13.3. The zero-order chi connectivity index (χ0) is 12.7. The van der Waals surface area contributed by atoms with E-state index in [2.05, 4.69) is 5.32 Å². The molecular formula is C12H18N2O3. The Hall–Kier alpha value is -1.75. The third-order valence-electron chi connectivity index (χ3n) is 2.37. The third-order valence-corrected chi connectivity index (χ3v) is 2.37. The van der Waals surface area contributed by atoms with Crippen molar-refractivity contribution in [1.82, 2.24) is 5.32 Å². The predicted octanol–water partition coefficient (Wildman–Crippen LogP) is 0.406. The number of nitrogens with one attached hydrogen (secondary N) is 1.